The molecular weight excluding hydrogens is 406 g/mol. The number of aliphatic hydroxyl groups is 1. The van der Waals surface area contributed by atoms with Gasteiger partial charge in [-0.25, -0.2) is 9.78 Å². The highest BCUT2D eigenvalue weighted by Gasteiger charge is 2.19. The number of benzene rings is 1. The number of hydrogen-bond acceptors (Lipinski definition) is 5. The summed E-state index contributed by atoms with van der Waals surface area (Å²) in [5.74, 6) is 0.515. The number of carbonyl (C=O) groups is 1. The Kier molecular flexibility index (Phi) is 5.65. The molecule has 0 bridgehead atoms. The Bertz CT molecular complexity index is 1140. The lowest BCUT2D eigenvalue weighted by Gasteiger charge is -2.25. The van der Waals surface area contributed by atoms with E-state index in [1.54, 1.807) is 24.1 Å². The smallest absolute Gasteiger partial charge is 0.409 e. The SMILES string of the molecule is COC(=O)N1CC=C(c2ccn3cc(-c4cc(Cl)c(OC)cc4CO)nc3c2)CC1. The fourth-order valence-corrected chi connectivity index (χ4v) is 3.90. The molecule has 0 radical (unpaired) electrons. The molecule has 1 aromatic carbocycles. The second-order valence-corrected chi connectivity index (χ2v) is 7.41. The summed E-state index contributed by atoms with van der Waals surface area (Å²) in [5.41, 5.74) is 5.20. The van der Waals surface area contributed by atoms with Crippen LogP contribution in [0.2, 0.25) is 5.02 Å². The van der Waals surface area contributed by atoms with Gasteiger partial charge in [-0.05, 0) is 47.4 Å². The number of methoxy groups -OCH3 is 2. The van der Waals surface area contributed by atoms with E-state index in [2.05, 4.69) is 0 Å². The summed E-state index contributed by atoms with van der Waals surface area (Å²) in [6.07, 6.45) is 6.35. The number of pyridine rings is 1. The van der Waals surface area contributed by atoms with Crippen molar-refractivity contribution < 1.29 is 19.4 Å². The molecule has 1 N–H and O–H groups in total. The molecule has 0 aliphatic carbocycles. The molecule has 0 fully saturated rings. The van der Waals surface area contributed by atoms with Crippen LogP contribution in [-0.2, 0) is 11.3 Å². The fourth-order valence-electron chi connectivity index (χ4n) is 3.66. The number of fused-ring (bicyclic) bond motifs is 1. The van der Waals surface area contributed by atoms with E-state index in [-0.39, 0.29) is 12.7 Å². The largest absolute Gasteiger partial charge is 0.495 e. The van der Waals surface area contributed by atoms with Gasteiger partial charge in [-0.2, -0.15) is 0 Å². The molecule has 1 aliphatic rings. The zero-order chi connectivity index (χ0) is 21.3. The summed E-state index contributed by atoms with van der Waals surface area (Å²) in [4.78, 5) is 18.1. The maximum Gasteiger partial charge on any atom is 0.409 e. The number of aromatic nitrogens is 2. The quantitative estimate of drug-likeness (QED) is 0.680. The van der Waals surface area contributed by atoms with E-state index in [1.165, 1.54) is 12.7 Å². The summed E-state index contributed by atoms with van der Waals surface area (Å²) >= 11 is 6.29. The van der Waals surface area contributed by atoms with Gasteiger partial charge in [0.05, 0.1) is 31.5 Å². The molecule has 0 saturated heterocycles. The maximum atomic E-state index is 11.7. The molecule has 4 rings (SSSR count). The minimum Gasteiger partial charge on any atom is -0.495 e. The van der Waals surface area contributed by atoms with Crippen molar-refractivity contribution in [2.24, 2.45) is 0 Å². The molecule has 0 unspecified atom stereocenters. The van der Waals surface area contributed by atoms with Crippen molar-refractivity contribution in [1.82, 2.24) is 14.3 Å². The summed E-state index contributed by atoms with van der Waals surface area (Å²) in [6.45, 7) is 0.996. The first-order valence-electron chi connectivity index (χ1n) is 9.52. The van der Waals surface area contributed by atoms with Gasteiger partial charge in [-0.15, -0.1) is 0 Å². The topological polar surface area (TPSA) is 76.3 Å². The molecule has 1 amide bonds. The standard InChI is InChI=1S/C22H22ClN3O4/c1-29-20-9-16(13-27)17(11-18(20)23)19-12-26-8-5-15(10-21(26)24-19)14-3-6-25(7-4-14)22(28)30-2/h3,5,8-12,27H,4,6-7,13H2,1-2H3. The zero-order valence-corrected chi connectivity index (χ0v) is 17.5. The van der Waals surface area contributed by atoms with Gasteiger partial charge in [0.1, 0.15) is 11.4 Å². The van der Waals surface area contributed by atoms with Crippen molar-refractivity contribution in [3.05, 3.63) is 58.9 Å². The lowest BCUT2D eigenvalue weighted by molar-refractivity contribution is 0.128. The number of hydrogen-bond donors (Lipinski definition) is 1. The molecule has 2 aromatic heterocycles. The highest BCUT2D eigenvalue weighted by atomic mass is 35.5. The molecule has 0 saturated carbocycles. The molecule has 3 heterocycles. The molecule has 8 heteroatoms. The molecule has 0 atom stereocenters. The van der Waals surface area contributed by atoms with Gasteiger partial charge in [0.15, 0.2) is 0 Å². The number of nitrogens with zero attached hydrogens (tertiary/aromatic N) is 3. The van der Waals surface area contributed by atoms with Crippen molar-refractivity contribution in [3.8, 4) is 17.0 Å². The second kappa shape index (κ2) is 8.38. The van der Waals surface area contributed by atoms with Crippen LogP contribution in [0.1, 0.15) is 17.5 Å². The third-order valence-electron chi connectivity index (χ3n) is 5.30. The van der Waals surface area contributed by atoms with Crippen LogP contribution in [0.5, 0.6) is 5.75 Å². The van der Waals surface area contributed by atoms with Gasteiger partial charge in [-0.1, -0.05) is 17.7 Å². The Morgan fingerprint density at radius 3 is 2.80 bits per heavy atom. The third kappa shape index (κ3) is 3.74. The average molecular weight is 428 g/mol. The monoisotopic (exact) mass is 427 g/mol. The molecule has 0 spiro atoms. The van der Waals surface area contributed by atoms with E-state index in [4.69, 9.17) is 26.1 Å². The highest BCUT2D eigenvalue weighted by Crippen LogP contribution is 2.34. The number of ether oxygens (including phenoxy) is 2. The average Bonchev–Trinajstić information content (AvgIpc) is 3.21. The van der Waals surface area contributed by atoms with Crippen molar-refractivity contribution in [2.75, 3.05) is 27.3 Å². The van der Waals surface area contributed by atoms with Crippen LogP contribution in [0.25, 0.3) is 22.5 Å². The summed E-state index contributed by atoms with van der Waals surface area (Å²) in [6, 6.07) is 7.55. The Hall–Kier alpha value is -3.03. The maximum absolute atomic E-state index is 11.7. The van der Waals surface area contributed by atoms with Gasteiger partial charge in [0.2, 0.25) is 0 Å². The van der Waals surface area contributed by atoms with Crippen LogP contribution >= 0.6 is 11.6 Å². The lowest BCUT2D eigenvalue weighted by Crippen LogP contribution is -2.34. The predicted octanol–water partition coefficient (Wildman–Crippen LogP) is 4.01. The van der Waals surface area contributed by atoms with Crippen molar-refractivity contribution in [3.63, 3.8) is 0 Å². The minimum atomic E-state index is -0.309. The molecule has 156 valence electrons. The summed E-state index contributed by atoms with van der Waals surface area (Å²) in [5, 5.41) is 10.2. The lowest BCUT2D eigenvalue weighted by atomic mass is 10.0. The van der Waals surface area contributed by atoms with Crippen molar-refractivity contribution >= 4 is 28.9 Å². The van der Waals surface area contributed by atoms with Crippen molar-refractivity contribution in [1.29, 1.82) is 0 Å². The molecular formula is C22H22ClN3O4. The highest BCUT2D eigenvalue weighted by molar-refractivity contribution is 6.32. The normalized spacial score (nSPS) is 14.0. The Morgan fingerprint density at radius 1 is 1.30 bits per heavy atom. The first-order valence-corrected chi connectivity index (χ1v) is 9.90. The third-order valence-corrected chi connectivity index (χ3v) is 5.59. The minimum absolute atomic E-state index is 0.147. The van der Waals surface area contributed by atoms with Gasteiger partial charge in [0.25, 0.3) is 0 Å². The van der Waals surface area contributed by atoms with Crippen LogP contribution in [-0.4, -0.2) is 52.8 Å². The van der Waals surface area contributed by atoms with E-state index in [1.807, 2.05) is 35.0 Å². The van der Waals surface area contributed by atoms with E-state index in [9.17, 15) is 9.90 Å². The van der Waals surface area contributed by atoms with Gasteiger partial charge in [0, 0.05) is 31.0 Å². The van der Waals surface area contributed by atoms with E-state index in [0.717, 1.165) is 28.9 Å². The van der Waals surface area contributed by atoms with E-state index >= 15 is 0 Å². The van der Waals surface area contributed by atoms with Crippen LogP contribution in [0.4, 0.5) is 4.79 Å². The molecule has 7 nitrogen and oxygen atoms in total. The van der Waals surface area contributed by atoms with Gasteiger partial charge >= 0.3 is 6.09 Å². The Morgan fingerprint density at radius 2 is 2.13 bits per heavy atom. The summed E-state index contributed by atoms with van der Waals surface area (Å²) < 4.78 is 12.0. The van der Waals surface area contributed by atoms with Crippen LogP contribution < -0.4 is 4.74 Å². The van der Waals surface area contributed by atoms with Crippen LogP contribution in [0.15, 0.2) is 42.7 Å². The Labute approximate surface area is 179 Å². The summed E-state index contributed by atoms with van der Waals surface area (Å²) in [7, 11) is 2.93. The van der Waals surface area contributed by atoms with Crippen LogP contribution in [0.3, 0.4) is 0 Å². The number of aliphatic hydroxyl groups excluding tert-OH is 1. The number of rotatable bonds is 4. The molecule has 30 heavy (non-hydrogen) atoms. The van der Waals surface area contributed by atoms with Gasteiger partial charge < -0.3 is 23.9 Å². The first kappa shape index (κ1) is 20.3. The molecule has 3 aromatic rings. The number of imidazole rings is 1. The number of amides is 1. The molecule has 1 aliphatic heterocycles. The van der Waals surface area contributed by atoms with E-state index in [0.29, 0.717) is 29.4 Å². The number of carbonyl (C=O) groups excluding carboxylic acids is 1. The Balaban J connectivity index is 1.67. The first-order chi connectivity index (χ1) is 14.5. The van der Waals surface area contributed by atoms with Crippen LogP contribution in [0, 0.1) is 0 Å². The van der Waals surface area contributed by atoms with Gasteiger partial charge in [-0.3, -0.25) is 0 Å². The zero-order valence-electron chi connectivity index (χ0n) is 16.8. The predicted molar refractivity (Wildman–Crippen MR) is 115 cm³/mol. The second-order valence-electron chi connectivity index (χ2n) is 7.00. The number of halogens is 1. The fraction of sp³-hybridized carbons (Fsp3) is 0.273. The van der Waals surface area contributed by atoms with E-state index < -0.39 is 0 Å². The van der Waals surface area contributed by atoms with Crippen molar-refractivity contribution in [2.45, 2.75) is 13.0 Å².